The quantitative estimate of drug-likeness (QED) is 0.726. The van der Waals surface area contributed by atoms with Crippen LogP contribution in [0.15, 0.2) is 22.6 Å². The molecule has 23 heavy (non-hydrogen) atoms. The van der Waals surface area contributed by atoms with Crippen LogP contribution in [0.4, 0.5) is 5.69 Å². The molecule has 1 unspecified atom stereocenters. The number of rotatable bonds is 3. The third-order valence-electron chi connectivity index (χ3n) is 4.04. The van der Waals surface area contributed by atoms with Crippen molar-refractivity contribution in [2.45, 2.75) is 32.1 Å². The summed E-state index contributed by atoms with van der Waals surface area (Å²) in [6, 6.07) is 5.08. The van der Waals surface area contributed by atoms with Crippen molar-refractivity contribution in [1.82, 2.24) is 4.90 Å². The van der Waals surface area contributed by atoms with Crippen LogP contribution in [0.25, 0.3) is 0 Å². The molecule has 0 saturated carbocycles. The van der Waals surface area contributed by atoms with Gasteiger partial charge in [-0.05, 0) is 31.9 Å². The monoisotopic (exact) mass is 340 g/mol. The summed E-state index contributed by atoms with van der Waals surface area (Å²) in [6.45, 7) is 3.24. The number of likely N-dealkylation sites (tertiary alicyclic amines) is 1. The van der Waals surface area contributed by atoms with Gasteiger partial charge >= 0.3 is 10.2 Å². The maximum Gasteiger partial charge on any atom is 0.344 e. The van der Waals surface area contributed by atoms with Gasteiger partial charge in [-0.3, -0.25) is 9.62 Å². The Morgan fingerprint density at radius 1 is 1.43 bits per heavy atom. The number of aliphatic hydroxyl groups excluding tert-OH is 1. The van der Waals surface area contributed by atoms with Crippen molar-refractivity contribution in [2.75, 3.05) is 17.8 Å². The highest BCUT2D eigenvalue weighted by Gasteiger charge is 2.27. The topological polar surface area (TPSA) is 117 Å². The molecule has 0 bridgehead atoms. The zero-order valence-corrected chi connectivity index (χ0v) is 13.6. The van der Waals surface area contributed by atoms with Crippen LogP contribution in [0.2, 0.25) is 0 Å². The minimum Gasteiger partial charge on any atom is -0.489 e. The average Bonchev–Trinajstić information content (AvgIpc) is 2.46. The number of hydrogen-bond donors (Lipinski definition) is 3. The predicted molar refractivity (Wildman–Crippen MR) is 86.6 cm³/mol. The Balaban J connectivity index is 1.78. The summed E-state index contributed by atoms with van der Waals surface area (Å²) in [5.41, 5.74) is 6.64. The largest absolute Gasteiger partial charge is 0.489 e. The van der Waals surface area contributed by atoms with Gasteiger partial charge in [-0.1, -0.05) is 6.07 Å². The summed E-state index contributed by atoms with van der Waals surface area (Å²) in [6.07, 6.45) is 1.08. The zero-order chi connectivity index (χ0) is 16.6. The summed E-state index contributed by atoms with van der Waals surface area (Å²) in [4.78, 5) is 1.98. The molecule has 1 aromatic carbocycles. The molecule has 0 aromatic heterocycles. The number of anilines is 1. The summed E-state index contributed by atoms with van der Waals surface area (Å²) < 4.78 is 35.0. The Kier molecular flexibility index (Phi) is 4.17. The van der Waals surface area contributed by atoms with Crippen molar-refractivity contribution in [2.24, 2.45) is 10.1 Å². The van der Waals surface area contributed by atoms with Crippen LogP contribution >= 0.6 is 0 Å². The van der Waals surface area contributed by atoms with E-state index in [0.717, 1.165) is 25.9 Å². The molecule has 9 heteroatoms. The first-order valence-corrected chi connectivity index (χ1v) is 8.90. The molecule has 126 valence electrons. The van der Waals surface area contributed by atoms with Crippen molar-refractivity contribution >= 4 is 21.7 Å². The van der Waals surface area contributed by atoms with Gasteiger partial charge in [0.05, 0.1) is 11.3 Å². The van der Waals surface area contributed by atoms with Crippen molar-refractivity contribution in [3.8, 4) is 5.75 Å². The van der Waals surface area contributed by atoms with E-state index in [0.29, 0.717) is 17.0 Å². The third-order valence-corrected chi connectivity index (χ3v) is 4.95. The second kappa shape index (κ2) is 5.99. The lowest BCUT2D eigenvalue weighted by Gasteiger charge is -2.34. The summed E-state index contributed by atoms with van der Waals surface area (Å²) in [5.74, 6) is 0.442. The van der Waals surface area contributed by atoms with Gasteiger partial charge in [0.1, 0.15) is 18.1 Å². The number of aliphatic hydroxyl groups is 1. The predicted octanol–water partition coefficient (Wildman–Crippen LogP) is 0.244. The molecular weight excluding hydrogens is 320 g/mol. The number of benzene rings is 1. The van der Waals surface area contributed by atoms with Crippen LogP contribution in [0.1, 0.15) is 25.3 Å². The van der Waals surface area contributed by atoms with Gasteiger partial charge in [0.15, 0.2) is 5.84 Å². The average molecular weight is 340 g/mol. The van der Waals surface area contributed by atoms with Gasteiger partial charge in [0.25, 0.3) is 0 Å². The molecule has 1 fully saturated rings. The second-order valence-electron chi connectivity index (χ2n) is 5.72. The van der Waals surface area contributed by atoms with E-state index < -0.39 is 16.4 Å². The van der Waals surface area contributed by atoms with Gasteiger partial charge in [0, 0.05) is 13.1 Å². The Bertz CT molecular complexity index is 724. The number of fused-ring (bicyclic) bond motifs is 1. The fourth-order valence-corrected chi connectivity index (χ4v) is 3.71. The second-order valence-corrected chi connectivity index (χ2v) is 7.05. The van der Waals surface area contributed by atoms with E-state index in [1.54, 1.807) is 25.1 Å². The van der Waals surface area contributed by atoms with Crippen molar-refractivity contribution in [3.63, 3.8) is 0 Å². The number of nitrogens with two attached hydrogens (primary N) is 1. The van der Waals surface area contributed by atoms with Crippen LogP contribution in [0.5, 0.6) is 5.75 Å². The molecule has 2 aliphatic heterocycles. The van der Waals surface area contributed by atoms with E-state index in [1.165, 1.54) is 0 Å². The van der Waals surface area contributed by atoms with E-state index in [-0.39, 0.29) is 11.9 Å². The van der Waals surface area contributed by atoms with Gasteiger partial charge in [-0.25, -0.2) is 0 Å². The van der Waals surface area contributed by atoms with E-state index in [9.17, 15) is 13.5 Å². The SMILES string of the molecule is CC(O)N1CCC(Oc2cccc3c2C(N)=NS(=O)(=O)N3)CC1. The van der Waals surface area contributed by atoms with Gasteiger partial charge in [-0.15, -0.1) is 4.40 Å². The molecule has 1 atom stereocenters. The number of nitrogens with one attached hydrogen (secondary N) is 1. The molecule has 0 radical (unpaired) electrons. The number of piperidine rings is 1. The normalized spacial score (nSPS) is 22.6. The fourth-order valence-electron chi connectivity index (χ4n) is 2.86. The Morgan fingerprint density at radius 2 is 2.13 bits per heavy atom. The molecule has 0 aliphatic carbocycles. The smallest absolute Gasteiger partial charge is 0.344 e. The lowest BCUT2D eigenvalue weighted by molar-refractivity contribution is -0.0163. The molecule has 2 heterocycles. The standard InChI is InChI=1S/C14H20N4O4S/c1-9(19)18-7-5-10(6-8-18)22-12-4-2-3-11-13(12)14(15)17-23(20,21)16-11/h2-4,9-10,16,19H,5-8H2,1H3,(H2,15,17). The zero-order valence-electron chi connectivity index (χ0n) is 12.8. The number of hydrogen-bond acceptors (Lipinski definition) is 6. The molecule has 8 nitrogen and oxygen atoms in total. The molecule has 1 aromatic rings. The Labute approximate surface area is 135 Å². The molecule has 4 N–H and O–H groups in total. The highest BCUT2D eigenvalue weighted by atomic mass is 32.2. The molecule has 2 aliphatic rings. The van der Waals surface area contributed by atoms with Crippen LogP contribution in [-0.2, 0) is 10.2 Å². The van der Waals surface area contributed by atoms with E-state index >= 15 is 0 Å². The third kappa shape index (κ3) is 3.41. The Morgan fingerprint density at radius 3 is 2.78 bits per heavy atom. The van der Waals surface area contributed by atoms with E-state index in [4.69, 9.17) is 10.5 Å². The highest BCUT2D eigenvalue weighted by Crippen LogP contribution is 2.32. The number of nitrogens with zero attached hydrogens (tertiary/aromatic N) is 2. The number of amidine groups is 1. The van der Waals surface area contributed by atoms with Gasteiger partial charge in [0.2, 0.25) is 0 Å². The first kappa shape index (κ1) is 16.0. The van der Waals surface area contributed by atoms with Crippen LogP contribution in [0.3, 0.4) is 0 Å². The van der Waals surface area contributed by atoms with E-state index in [2.05, 4.69) is 9.12 Å². The van der Waals surface area contributed by atoms with Crippen molar-refractivity contribution < 1.29 is 18.3 Å². The summed E-state index contributed by atoms with van der Waals surface area (Å²) >= 11 is 0. The molecule has 0 spiro atoms. The number of ether oxygens (including phenoxy) is 1. The Hall–Kier alpha value is -1.84. The molecular formula is C14H20N4O4S. The maximum absolute atomic E-state index is 11.6. The van der Waals surface area contributed by atoms with Crippen LogP contribution in [0, 0.1) is 0 Å². The minimum atomic E-state index is -3.79. The molecule has 0 amide bonds. The maximum atomic E-state index is 11.6. The van der Waals surface area contributed by atoms with Gasteiger partial charge in [-0.2, -0.15) is 8.42 Å². The highest BCUT2D eigenvalue weighted by molar-refractivity contribution is 7.91. The fraction of sp³-hybridized carbons (Fsp3) is 0.500. The van der Waals surface area contributed by atoms with E-state index in [1.807, 2.05) is 4.90 Å². The first-order valence-electron chi connectivity index (χ1n) is 7.46. The van der Waals surface area contributed by atoms with Crippen LogP contribution < -0.4 is 15.2 Å². The lowest BCUT2D eigenvalue weighted by atomic mass is 10.1. The van der Waals surface area contributed by atoms with Crippen LogP contribution in [-0.4, -0.2) is 49.7 Å². The summed E-state index contributed by atoms with van der Waals surface area (Å²) in [7, 11) is -3.79. The molecule has 3 rings (SSSR count). The first-order chi connectivity index (χ1) is 10.9. The minimum absolute atomic E-state index is 0.0113. The van der Waals surface area contributed by atoms with Gasteiger partial charge < -0.3 is 15.6 Å². The van der Waals surface area contributed by atoms with Crippen molar-refractivity contribution in [1.29, 1.82) is 0 Å². The van der Waals surface area contributed by atoms with Crippen molar-refractivity contribution in [3.05, 3.63) is 23.8 Å². The summed E-state index contributed by atoms with van der Waals surface area (Å²) in [5, 5.41) is 9.58. The lowest BCUT2D eigenvalue weighted by Crippen LogP contribution is -2.43. The molecule has 1 saturated heterocycles.